The second-order valence-corrected chi connectivity index (χ2v) is 8.14. The third kappa shape index (κ3) is 3.42. The summed E-state index contributed by atoms with van der Waals surface area (Å²) in [6.45, 7) is 7.63. The summed E-state index contributed by atoms with van der Waals surface area (Å²) in [6, 6.07) is 6.31. The minimum atomic E-state index is -0.564. The number of amides is 3. The SMILES string of the molecule is Cc1cc(C(=O)CN2C(=O)N[C@H](CC(C)C)C2=O)c(C)n1-c1ccc2c(c1)OCO2. The maximum absolute atomic E-state index is 13.0. The highest BCUT2D eigenvalue weighted by Gasteiger charge is 2.39. The molecule has 2 aromatic rings. The van der Waals surface area contributed by atoms with Crippen LogP contribution in [0.1, 0.15) is 42.0 Å². The summed E-state index contributed by atoms with van der Waals surface area (Å²) < 4.78 is 12.8. The Hall–Kier alpha value is -3.29. The van der Waals surface area contributed by atoms with Gasteiger partial charge in [-0.3, -0.25) is 14.5 Å². The molecular formula is C22H25N3O5. The van der Waals surface area contributed by atoms with E-state index in [4.69, 9.17) is 9.47 Å². The molecule has 0 saturated carbocycles. The minimum absolute atomic E-state index is 0.190. The third-order valence-corrected chi connectivity index (χ3v) is 5.46. The summed E-state index contributed by atoms with van der Waals surface area (Å²) in [5, 5.41) is 2.68. The van der Waals surface area contributed by atoms with Crippen LogP contribution in [0, 0.1) is 19.8 Å². The zero-order valence-electron chi connectivity index (χ0n) is 17.5. The summed E-state index contributed by atoms with van der Waals surface area (Å²) in [6.07, 6.45) is 0.549. The smallest absolute Gasteiger partial charge is 0.325 e. The van der Waals surface area contributed by atoms with Gasteiger partial charge in [0.1, 0.15) is 6.04 Å². The first-order valence-electron chi connectivity index (χ1n) is 10.00. The van der Waals surface area contributed by atoms with E-state index in [1.807, 2.05) is 50.5 Å². The lowest BCUT2D eigenvalue weighted by Crippen LogP contribution is -2.36. The number of ketones is 1. The number of hydrogen-bond acceptors (Lipinski definition) is 5. The fourth-order valence-electron chi connectivity index (χ4n) is 4.05. The first-order chi connectivity index (χ1) is 14.3. The predicted octanol–water partition coefficient (Wildman–Crippen LogP) is 2.97. The number of carbonyl (C=O) groups is 3. The first-order valence-corrected chi connectivity index (χ1v) is 10.00. The van der Waals surface area contributed by atoms with Crippen LogP contribution in [0.2, 0.25) is 0 Å². The van der Waals surface area contributed by atoms with Crippen molar-refractivity contribution < 1.29 is 23.9 Å². The van der Waals surface area contributed by atoms with Crippen LogP contribution in [-0.4, -0.2) is 46.6 Å². The molecule has 0 radical (unpaired) electrons. The van der Waals surface area contributed by atoms with Crippen LogP contribution in [0.25, 0.3) is 5.69 Å². The van der Waals surface area contributed by atoms with Gasteiger partial charge >= 0.3 is 6.03 Å². The zero-order valence-corrected chi connectivity index (χ0v) is 17.5. The molecule has 1 atom stereocenters. The van der Waals surface area contributed by atoms with Gasteiger partial charge in [-0.25, -0.2) is 4.79 Å². The molecule has 1 aromatic carbocycles. The number of aromatic nitrogens is 1. The molecule has 3 heterocycles. The molecule has 8 heteroatoms. The Bertz CT molecular complexity index is 1040. The van der Waals surface area contributed by atoms with E-state index in [0.29, 0.717) is 23.5 Å². The molecule has 0 spiro atoms. The van der Waals surface area contributed by atoms with Gasteiger partial charge in [0.25, 0.3) is 5.91 Å². The van der Waals surface area contributed by atoms with Gasteiger partial charge in [0, 0.05) is 28.7 Å². The van der Waals surface area contributed by atoms with Crippen molar-refractivity contribution >= 4 is 17.7 Å². The van der Waals surface area contributed by atoms with Crippen molar-refractivity contribution in [3.05, 3.63) is 41.2 Å². The van der Waals surface area contributed by atoms with Gasteiger partial charge in [-0.1, -0.05) is 13.8 Å². The van der Waals surface area contributed by atoms with Gasteiger partial charge in [0.15, 0.2) is 17.3 Å². The first kappa shape index (κ1) is 20.0. The number of imide groups is 1. The molecule has 2 aliphatic heterocycles. The van der Waals surface area contributed by atoms with Gasteiger partial charge in [-0.15, -0.1) is 0 Å². The Morgan fingerprint density at radius 2 is 1.90 bits per heavy atom. The van der Waals surface area contributed by atoms with Crippen LogP contribution >= 0.6 is 0 Å². The number of ether oxygens (including phenoxy) is 2. The summed E-state index contributed by atoms with van der Waals surface area (Å²) in [7, 11) is 0. The van der Waals surface area contributed by atoms with E-state index in [-0.39, 0.29) is 30.9 Å². The Morgan fingerprint density at radius 1 is 1.17 bits per heavy atom. The highest BCUT2D eigenvalue weighted by molar-refractivity contribution is 6.09. The number of nitrogens with one attached hydrogen (secondary N) is 1. The quantitative estimate of drug-likeness (QED) is 0.583. The molecule has 4 rings (SSSR count). The number of nitrogens with zero attached hydrogens (tertiary/aromatic N) is 2. The van der Waals surface area contributed by atoms with Crippen LogP contribution in [0.15, 0.2) is 24.3 Å². The van der Waals surface area contributed by atoms with Crippen LogP contribution < -0.4 is 14.8 Å². The number of rotatable bonds is 6. The molecule has 3 amide bonds. The topological polar surface area (TPSA) is 89.9 Å². The highest BCUT2D eigenvalue weighted by atomic mass is 16.7. The molecule has 30 heavy (non-hydrogen) atoms. The number of aryl methyl sites for hydroxylation is 1. The molecule has 1 saturated heterocycles. The van der Waals surface area contributed by atoms with Crippen molar-refractivity contribution in [1.82, 2.24) is 14.8 Å². The van der Waals surface area contributed by atoms with Gasteiger partial charge < -0.3 is 19.4 Å². The molecule has 1 N–H and O–H groups in total. The number of carbonyl (C=O) groups excluding carboxylic acids is 3. The Balaban J connectivity index is 1.57. The standard InChI is InChI=1S/C22H25N3O5/c1-12(2)7-17-21(27)24(22(28)23-17)10-18(26)16-8-13(3)25(14(16)4)15-5-6-19-20(9-15)30-11-29-19/h5-6,8-9,12,17H,7,10-11H2,1-4H3,(H,23,28)/t17-/m1/s1. The maximum atomic E-state index is 13.0. The van der Waals surface area contributed by atoms with Crippen molar-refractivity contribution in [2.75, 3.05) is 13.3 Å². The number of benzene rings is 1. The lowest BCUT2D eigenvalue weighted by atomic mass is 10.0. The summed E-state index contributed by atoms with van der Waals surface area (Å²) >= 11 is 0. The van der Waals surface area contributed by atoms with Gasteiger partial charge in [-0.05, 0) is 44.4 Å². The number of fused-ring (bicyclic) bond motifs is 1. The second-order valence-electron chi connectivity index (χ2n) is 8.14. The third-order valence-electron chi connectivity index (χ3n) is 5.46. The summed E-state index contributed by atoms with van der Waals surface area (Å²) in [5.74, 6) is 0.987. The Labute approximate surface area is 174 Å². The monoisotopic (exact) mass is 411 g/mol. The van der Waals surface area contributed by atoms with E-state index in [2.05, 4.69) is 5.32 Å². The van der Waals surface area contributed by atoms with Crippen LogP contribution in [0.3, 0.4) is 0 Å². The molecule has 0 bridgehead atoms. The largest absolute Gasteiger partial charge is 0.454 e. The van der Waals surface area contributed by atoms with E-state index < -0.39 is 12.1 Å². The average Bonchev–Trinajstić information content (AvgIpc) is 3.33. The normalized spacial score (nSPS) is 17.8. The number of Topliss-reactive ketones (excluding diaryl/α,β-unsaturated/α-hetero) is 1. The molecule has 1 fully saturated rings. The molecule has 158 valence electrons. The zero-order chi connectivity index (χ0) is 21.6. The van der Waals surface area contributed by atoms with Gasteiger partial charge in [0.05, 0.1) is 6.54 Å². The fourth-order valence-corrected chi connectivity index (χ4v) is 4.05. The molecular weight excluding hydrogens is 386 g/mol. The van der Waals surface area contributed by atoms with Crippen molar-refractivity contribution in [2.24, 2.45) is 5.92 Å². The van der Waals surface area contributed by atoms with Crippen LogP contribution in [0.5, 0.6) is 11.5 Å². The van der Waals surface area contributed by atoms with E-state index in [1.165, 1.54) is 0 Å². The lowest BCUT2D eigenvalue weighted by molar-refractivity contribution is -0.127. The maximum Gasteiger partial charge on any atom is 0.325 e. The van der Waals surface area contributed by atoms with Crippen molar-refractivity contribution in [3.8, 4) is 17.2 Å². The van der Waals surface area contributed by atoms with Crippen molar-refractivity contribution in [2.45, 2.75) is 40.2 Å². The molecule has 8 nitrogen and oxygen atoms in total. The summed E-state index contributed by atoms with van der Waals surface area (Å²) in [4.78, 5) is 38.8. The van der Waals surface area contributed by atoms with Crippen molar-refractivity contribution in [1.29, 1.82) is 0 Å². The highest BCUT2D eigenvalue weighted by Crippen LogP contribution is 2.35. The summed E-state index contributed by atoms with van der Waals surface area (Å²) in [5.41, 5.74) is 2.94. The van der Waals surface area contributed by atoms with E-state index in [9.17, 15) is 14.4 Å². The Kier molecular flexibility index (Phi) is 5.01. The fraction of sp³-hybridized carbons (Fsp3) is 0.409. The average molecular weight is 411 g/mol. The van der Waals surface area contributed by atoms with E-state index >= 15 is 0 Å². The number of urea groups is 1. The predicted molar refractivity (Wildman–Crippen MR) is 109 cm³/mol. The Morgan fingerprint density at radius 3 is 2.63 bits per heavy atom. The van der Waals surface area contributed by atoms with Crippen LogP contribution in [0.4, 0.5) is 4.79 Å². The molecule has 2 aliphatic rings. The van der Waals surface area contributed by atoms with Gasteiger partial charge in [-0.2, -0.15) is 0 Å². The van der Waals surface area contributed by atoms with E-state index in [0.717, 1.165) is 22.0 Å². The lowest BCUT2D eigenvalue weighted by Gasteiger charge is -2.14. The molecule has 0 aliphatic carbocycles. The second kappa shape index (κ2) is 7.51. The molecule has 0 unspecified atom stereocenters. The number of hydrogen-bond donors (Lipinski definition) is 1. The van der Waals surface area contributed by atoms with E-state index in [1.54, 1.807) is 6.07 Å². The minimum Gasteiger partial charge on any atom is -0.454 e. The van der Waals surface area contributed by atoms with Crippen molar-refractivity contribution in [3.63, 3.8) is 0 Å². The molecule has 1 aromatic heterocycles. The van der Waals surface area contributed by atoms with Crippen LogP contribution in [-0.2, 0) is 4.79 Å². The van der Waals surface area contributed by atoms with Gasteiger partial charge in [0.2, 0.25) is 6.79 Å².